The van der Waals surface area contributed by atoms with Crippen LogP contribution in [0.15, 0.2) is 41.3 Å². The van der Waals surface area contributed by atoms with Crippen molar-refractivity contribution in [2.75, 3.05) is 0 Å². The Morgan fingerprint density at radius 1 is 1.15 bits per heavy atom. The average molecular weight is 268 g/mol. The van der Waals surface area contributed by atoms with E-state index in [1.165, 1.54) is 17.6 Å². The summed E-state index contributed by atoms with van der Waals surface area (Å²) in [6.07, 6.45) is 4.87. The Morgan fingerprint density at radius 3 is 2.30 bits per heavy atom. The molecule has 1 aliphatic heterocycles. The maximum absolute atomic E-state index is 12.5. The van der Waals surface area contributed by atoms with Crippen molar-refractivity contribution in [2.45, 2.75) is 18.9 Å². The molecule has 1 aromatic carbocycles. The average Bonchev–Trinajstić information content (AvgIpc) is 3.10. The SMILES string of the molecule is O=C1c2ccccc2C(=O)N1C(c1cocn1)C1CC1. The van der Waals surface area contributed by atoms with Gasteiger partial charge in [0.15, 0.2) is 6.39 Å². The number of carbonyl (C=O) groups excluding carboxylic acids is 2. The van der Waals surface area contributed by atoms with Crippen LogP contribution in [0.3, 0.4) is 0 Å². The molecule has 5 nitrogen and oxygen atoms in total. The van der Waals surface area contributed by atoms with Gasteiger partial charge in [-0.05, 0) is 30.9 Å². The highest BCUT2D eigenvalue weighted by molar-refractivity contribution is 6.21. The van der Waals surface area contributed by atoms with Gasteiger partial charge in [0, 0.05) is 0 Å². The Hall–Kier alpha value is -2.43. The number of imide groups is 1. The highest BCUT2D eigenvalue weighted by atomic mass is 16.3. The van der Waals surface area contributed by atoms with E-state index >= 15 is 0 Å². The van der Waals surface area contributed by atoms with Gasteiger partial charge < -0.3 is 4.42 Å². The number of fused-ring (bicyclic) bond motifs is 1. The molecule has 0 bridgehead atoms. The molecular formula is C15H12N2O3. The smallest absolute Gasteiger partial charge is 0.262 e. The highest BCUT2D eigenvalue weighted by Gasteiger charge is 2.47. The molecule has 1 unspecified atom stereocenters. The fourth-order valence-corrected chi connectivity index (χ4v) is 2.82. The summed E-state index contributed by atoms with van der Waals surface area (Å²) in [4.78, 5) is 30.5. The lowest BCUT2D eigenvalue weighted by molar-refractivity contribution is 0.0558. The fraction of sp³-hybridized carbons (Fsp3) is 0.267. The summed E-state index contributed by atoms with van der Waals surface area (Å²) in [5, 5.41) is 0. The molecule has 20 heavy (non-hydrogen) atoms. The monoisotopic (exact) mass is 268 g/mol. The summed E-state index contributed by atoms with van der Waals surface area (Å²) in [5.74, 6) is -0.168. The summed E-state index contributed by atoms with van der Waals surface area (Å²) < 4.78 is 5.02. The second-order valence-corrected chi connectivity index (χ2v) is 5.22. The van der Waals surface area contributed by atoms with Crippen molar-refractivity contribution in [3.63, 3.8) is 0 Å². The first kappa shape index (κ1) is 11.4. The molecule has 2 amide bonds. The highest BCUT2D eigenvalue weighted by Crippen LogP contribution is 2.46. The molecule has 0 saturated heterocycles. The Kier molecular flexibility index (Phi) is 2.30. The number of benzene rings is 1. The van der Waals surface area contributed by atoms with Gasteiger partial charge in [0.05, 0.1) is 17.2 Å². The topological polar surface area (TPSA) is 63.4 Å². The first-order chi connectivity index (χ1) is 9.77. The van der Waals surface area contributed by atoms with Gasteiger partial charge in [-0.2, -0.15) is 0 Å². The quantitative estimate of drug-likeness (QED) is 0.802. The van der Waals surface area contributed by atoms with Crippen LogP contribution in [0.1, 0.15) is 45.3 Å². The number of carbonyl (C=O) groups is 2. The van der Waals surface area contributed by atoms with E-state index in [2.05, 4.69) is 4.98 Å². The van der Waals surface area contributed by atoms with Crippen LogP contribution in [0.5, 0.6) is 0 Å². The maximum atomic E-state index is 12.5. The standard InChI is InChI=1S/C15H12N2O3/c18-14-10-3-1-2-4-11(10)15(19)17(14)13(9-5-6-9)12-7-20-8-16-12/h1-4,7-9,13H,5-6H2. The third kappa shape index (κ3) is 1.52. The summed E-state index contributed by atoms with van der Waals surface area (Å²) in [6, 6.07) is 6.64. The van der Waals surface area contributed by atoms with E-state index in [9.17, 15) is 9.59 Å². The maximum Gasteiger partial charge on any atom is 0.262 e. The van der Waals surface area contributed by atoms with E-state index in [0.717, 1.165) is 12.8 Å². The van der Waals surface area contributed by atoms with Crippen molar-refractivity contribution in [1.29, 1.82) is 0 Å². The van der Waals surface area contributed by atoms with Gasteiger partial charge in [-0.3, -0.25) is 14.5 Å². The van der Waals surface area contributed by atoms with Crippen molar-refractivity contribution < 1.29 is 14.0 Å². The second-order valence-electron chi connectivity index (χ2n) is 5.22. The van der Waals surface area contributed by atoms with Crippen LogP contribution in [0, 0.1) is 5.92 Å². The number of amides is 2. The van der Waals surface area contributed by atoms with Crippen molar-refractivity contribution >= 4 is 11.8 Å². The molecule has 0 N–H and O–H groups in total. The zero-order valence-corrected chi connectivity index (χ0v) is 10.7. The zero-order chi connectivity index (χ0) is 13.7. The van der Waals surface area contributed by atoms with E-state index in [0.29, 0.717) is 22.7 Å². The van der Waals surface area contributed by atoms with Crippen LogP contribution in [-0.2, 0) is 0 Å². The first-order valence-electron chi connectivity index (χ1n) is 6.62. The molecule has 0 radical (unpaired) electrons. The Bertz CT molecular complexity index is 654. The third-order valence-electron chi connectivity index (χ3n) is 3.93. The lowest BCUT2D eigenvalue weighted by atomic mass is 10.1. The molecule has 1 saturated carbocycles. The lowest BCUT2D eigenvalue weighted by Crippen LogP contribution is -2.35. The summed E-state index contributed by atoms with van der Waals surface area (Å²) >= 11 is 0. The van der Waals surface area contributed by atoms with E-state index in [4.69, 9.17) is 4.42 Å². The van der Waals surface area contributed by atoms with Gasteiger partial charge in [-0.15, -0.1) is 0 Å². The molecule has 2 heterocycles. The van der Waals surface area contributed by atoms with Gasteiger partial charge in [-0.1, -0.05) is 12.1 Å². The lowest BCUT2D eigenvalue weighted by Gasteiger charge is -2.24. The van der Waals surface area contributed by atoms with E-state index in [1.807, 2.05) is 0 Å². The molecule has 2 aliphatic rings. The Morgan fingerprint density at radius 2 is 1.80 bits per heavy atom. The van der Waals surface area contributed by atoms with Crippen LogP contribution in [0.2, 0.25) is 0 Å². The predicted octanol–water partition coefficient (Wildman–Crippen LogP) is 2.42. The van der Waals surface area contributed by atoms with Crippen LogP contribution < -0.4 is 0 Å². The molecule has 1 aliphatic carbocycles. The van der Waals surface area contributed by atoms with E-state index in [-0.39, 0.29) is 17.9 Å². The molecular weight excluding hydrogens is 256 g/mol. The van der Waals surface area contributed by atoms with Gasteiger partial charge in [0.2, 0.25) is 0 Å². The van der Waals surface area contributed by atoms with E-state index < -0.39 is 0 Å². The van der Waals surface area contributed by atoms with Crippen LogP contribution in [0.4, 0.5) is 0 Å². The largest absolute Gasteiger partial charge is 0.451 e. The molecule has 4 rings (SSSR count). The minimum atomic E-state index is -0.304. The van der Waals surface area contributed by atoms with Gasteiger partial charge in [0.25, 0.3) is 11.8 Å². The van der Waals surface area contributed by atoms with Crippen molar-refractivity contribution in [3.8, 4) is 0 Å². The summed E-state index contributed by atoms with van der Waals surface area (Å²) in [5.41, 5.74) is 1.61. The molecule has 100 valence electrons. The van der Waals surface area contributed by atoms with Gasteiger partial charge in [0.1, 0.15) is 12.0 Å². The van der Waals surface area contributed by atoms with Crippen LogP contribution >= 0.6 is 0 Å². The van der Waals surface area contributed by atoms with Gasteiger partial charge >= 0.3 is 0 Å². The van der Waals surface area contributed by atoms with Crippen LogP contribution in [0.25, 0.3) is 0 Å². The van der Waals surface area contributed by atoms with Crippen LogP contribution in [-0.4, -0.2) is 21.7 Å². The number of aromatic nitrogens is 1. The zero-order valence-electron chi connectivity index (χ0n) is 10.7. The molecule has 0 spiro atoms. The summed E-state index contributed by atoms with van der Waals surface area (Å²) in [6.45, 7) is 0. The first-order valence-corrected chi connectivity index (χ1v) is 6.62. The molecule has 1 atom stereocenters. The minimum absolute atomic E-state index is 0.231. The second kappa shape index (κ2) is 4.03. The minimum Gasteiger partial charge on any atom is -0.451 e. The number of hydrogen-bond donors (Lipinski definition) is 0. The number of rotatable bonds is 3. The van der Waals surface area contributed by atoms with E-state index in [1.54, 1.807) is 24.3 Å². The summed E-state index contributed by atoms with van der Waals surface area (Å²) in [7, 11) is 0. The normalized spacial score (nSPS) is 19.3. The van der Waals surface area contributed by atoms with Crippen molar-refractivity contribution in [3.05, 3.63) is 53.7 Å². The van der Waals surface area contributed by atoms with Gasteiger partial charge in [-0.25, -0.2) is 4.98 Å². The Labute approximate surface area is 115 Å². The molecule has 2 aromatic rings. The number of nitrogens with zero attached hydrogens (tertiary/aromatic N) is 2. The number of hydrogen-bond acceptors (Lipinski definition) is 4. The fourth-order valence-electron chi connectivity index (χ4n) is 2.82. The molecule has 5 heteroatoms. The predicted molar refractivity (Wildman–Crippen MR) is 68.9 cm³/mol. The van der Waals surface area contributed by atoms with Crippen molar-refractivity contribution in [1.82, 2.24) is 9.88 Å². The molecule has 1 fully saturated rings. The van der Waals surface area contributed by atoms with Crippen molar-refractivity contribution in [2.24, 2.45) is 5.92 Å². The molecule has 1 aromatic heterocycles. The Balaban J connectivity index is 1.79. The third-order valence-corrected chi connectivity index (χ3v) is 3.93. The number of oxazole rings is 1.